The smallest absolute Gasteiger partial charge is 0.273 e. The Balaban J connectivity index is 1.82. The van der Waals surface area contributed by atoms with E-state index in [0.717, 1.165) is 31.4 Å². The fraction of sp³-hybridized carbons (Fsp3) is 0.714. The number of hydrogen-bond acceptors (Lipinski definition) is 3. The molecule has 0 spiro atoms. The van der Waals surface area contributed by atoms with Gasteiger partial charge in [0.1, 0.15) is 5.76 Å². The lowest BCUT2D eigenvalue weighted by Gasteiger charge is -2.13. The van der Waals surface area contributed by atoms with Gasteiger partial charge in [-0.2, -0.15) is 0 Å². The molecule has 4 nitrogen and oxygen atoms in total. The average molecular weight is 250 g/mol. The van der Waals surface area contributed by atoms with Crippen molar-refractivity contribution >= 4 is 5.91 Å². The molecule has 100 valence electrons. The summed E-state index contributed by atoms with van der Waals surface area (Å²) in [6.07, 6.45) is 4.42. The molecule has 0 saturated heterocycles. The summed E-state index contributed by atoms with van der Waals surface area (Å²) in [6.45, 7) is 6.41. The van der Waals surface area contributed by atoms with E-state index in [0.29, 0.717) is 17.5 Å². The highest BCUT2D eigenvalue weighted by Crippen LogP contribution is 2.40. The van der Waals surface area contributed by atoms with Gasteiger partial charge in [-0.15, -0.1) is 0 Å². The first-order chi connectivity index (χ1) is 8.56. The van der Waals surface area contributed by atoms with Gasteiger partial charge in [0.15, 0.2) is 5.69 Å². The van der Waals surface area contributed by atoms with Crippen molar-refractivity contribution in [1.82, 2.24) is 10.5 Å². The summed E-state index contributed by atoms with van der Waals surface area (Å²) in [5, 5.41) is 6.80. The molecular weight excluding hydrogens is 228 g/mol. The van der Waals surface area contributed by atoms with Crippen LogP contribution >= 0.6 is 0 Å². The minimum atomic E-state index is -0.123. The number of nitrogens with zero attached hydrogens (tertiary/aromatic N) is 1. The number of carbonyl (C=O) groups excluding carboxylic acids is 1. The van der Waals surface area contributed by atoms with Crippen LogP contribution in [0, 0.1) is 5.92 Å². The van der Waals surface area contributed by atoms with E-state index in [1.165, 1.54) is 0 Å². The minimum absolute atomic E-state index is 0.123. The monoisotopic (exact) mass is 250 g/mol. The lowest BCUT2D eigenvalue weighted by Crippen LogP contribution is -2.32. The molecule has 1 atom stereocenters. The van der Waals surface area contributed by atoms with Crippen LogP contribution in [0.1, 0.15) is 68.6 Å². The Morgan fingerprint density at radius 3 is 2.78 bits per heavy atom. The molecule has 1 unspecified atom stereocenters. The normalized spacial score (nSPS) is 16.9. The summed E-state index contributed by atoms with van der Waals surface area (Å²) >= 11 is 0. The molecule has 0 aliphatic heterocycles. The van der Waals surface area contributed by atoms with Gasteiger partial charge in [-0.1, -0.05) is 19.0 Å². The Bertz CT molecular complexity index is 408. The fourth-order valence-electron chi connectivity index (χ4n) is 1.91. The molecule has 18 heavy (non-hydrogen) atoms. The van der Waals surface area contributed by atoms with Gasteiger partial charge in [-0.25, -0.2) is 0 Å². The molecule has 1 aromatic heterocycles. The highest BCUT2D eigenvalue weighted by molar-refractivity contribution is 5.92. The molecule has 1 aliphatic rings. The van der Waals surface area contributed by atoms with Gasteiger partial charge >= 0.3 is 0 Å². The summed E-state index contributed by atoms with van der Waals surface area (Å²) in [5.41, 5.74) is 0.410. The topological polar surface area (TPSA) is 55.1 Å². The van der Waals surface area contributed by atoms with Crippen molar-refractivity contribution in [2.75, 3.05) is 0 Å². The van der Waals surface area contributed by atoms with E-state index in [4.69, 9.17) is 4.52 Å². The quantitative estimate of drug-likeness (QED) is 0.844. The summed E-state index contributed by atoms with van der Waals surface area (Å²) < 4.78 is 5.18. The second kappa shape index (κ2) is 5.55. The zero-order valence-corrected chi connectivity index (χ0v) is 11.4. The maximum Gasteiger partial charge on any atom is 0.273 e. The molecule has 1 N–H and O–H groups in total. The molecule has 4 heteroatoms. The third kappa shape index (κ3) is 3.59. The number of hydrogen-bond donors (Lipinski definition) is 1. The molecule has 2 rings (SSSR count). The van der Waals surface area contributed by atoms with Gasteiger partial charge in [-0.3, -0.25) is 4.79 Å². The van der Waals surface area contributed by atoms with Crippen LogP contribution in [-0.4, -0.2) is 17.1 Å². The van der Waals surface area contributed by atoms with Gasteiger partial charge < -0.3 is 9.84 Å². The number of rotatable bonds is 6. The molecule has 0 radical (unpaired) electrons. The third-order valence-corrected chi connectivity index (χ3v) is 3.30. The molecule has 1 heterocycles. The van der Waals surface area contributed by atoms with Crippen LogP contribution in [0.25, 0.3) is 0 Å². The van der Waals surface area contributed by atoms with Gasteiger partial charge in [0.25, 0.3) is 5.91 Å². The van der Waals surface area contributed by atoms with Crippen LogP contribution in [0.4, 0.5) is 0 Å². The first-order valence-electron chi connectivity index (χ1n) is 6.83. The van der Waals surface area contributed by atoms with Crippen LogP contribution in [-0.2, 0) is 0 Å². The van der Waals surface area contributed by atoms with Crippen molar-refractivity contribution in [3.05, 3.63) is 17.5 Å². The zero-order chi connectivity index (χ0) is 13.1. The Morgan fingerprint density at radius 1 is 1.44 bits per heavy atom. The van der Waals surface area contributed by atoms with E-state index >= 15 is 0 Å². The van der Waals surface area contributed by atoms with E-state index in [9.17, 15) is 4.79 Å². The van der Waals surface area contributed by atoms with Crippen LogP contribution < -0.4 is 5.32 Å². The highest BCUT2D eigenvalue weighted by atomic mass is 16.5. The van der Waals surface area contributed by atoms with Crippen molar-refractivity contribution in [2.45, 2.75) is 58.4 Å². The Hall–Kier alpha value is -1.32. The van der Waals surface area contributed by atoms with Gasteiger partial charge in [-0.05, 0) is 38.5 Å². The summed E-state index contributed by atoms with van der Waals surface area (Å²) in [6, 6.07) is 1.96. The lowest BCUT2D eigenvalue weighted by atomic mass is 10.0. The minimum Gasteiger partial charge on any atom is -0.360 e. The van der Waals surface area contributed by atoms with Gasteiger partial charge in [0.2, 0.25) is 0 Å². The molecule has 1 aliphatic carbocycles. The fourth-order valence-corrected chi connectivity index (χ4v) is 1.91. The predicted molar refractivity (Wildman–Crippen MR) is 69.5 cm³/mol. The Labute approximate surface area is 108 Å². The maximum absolute atomic E-state index is 11.9. The second-order valence-corrected chi connectivity index (χ2v) is 5.73. The lowest BCUT2D eigenvalue weighted by molar-refractivity contribution is 0.0928. The third-order valence-electron chi connectivity index (χ3n) is 3.30. The standard InChI is InChI=1S/C14H22N2O2/c1-9(2)4-5-10(3)15-14(17)12-8-13(18-16-12)11-6-7-11/h8-11H,4-7H2,1-3H3,(H,15,17). The first-order valence-corrected chi connectivity index (χ1v) is 6.83. The molecule has 1 amide bonds. The molecular formula is C14H22N2O2. The molecule has 0 bridgehead atoms. The van der Waals surface area contributed by atoms with Crippen LogP contribution in [0.15, 0.2) is 10.6 Å². The van der Waals surface area contributed by atoms with Crippen molar-refractivity contribution < 1.29 is 9.32 Å². The predicted octanol–water partition coefficient (Wildman–Crippen LogP) is 3.11. The largest absolute Gasteiger partial charge is 0.360 e. The number of aromatic nitrogens is 1. The van der Waals surface area contributed by atoms with Crippen LogP contribution in [0.5, 0.6) is 0 Å². The van der Waals surface area contributed by atoms with Crippen molar-refractivity contribution in [3.63, 3.8) is 0 Å². The van der Waals surface area contributed by atoms with E-state index < -0.39 is 0 Å². The summed E-state index contributed by atoms with van der Waals surface area (Å²) in [7, 11) is 0. The van der Waals surface area contributed by atoms with Gasteiger partial charge in [0, 0.05) is 18.0 Å². The van der Waals surface area contributed by atoms with Crippen LogP contribution in [0.3, 0.4) is 0 Å². The number of carbonyl (C=O) groups is 1. The molecule has 1 aromatic rings. The molecule has 0 aromatic carbocycles. The van der Waals surface area contributed by atoms with E-state index in [1.54, 1.807) is 6.07 Å². The van der Waals surface area contributed by atoms with E-state index in [-0.39, 0.29) is 11.9 Å². The van der Waals surface area contributed by atoms with Gasteiger partial charge in [0.05, 0.1) is 0 Å². The van der Waals surface area contributed by atoms with Crippen molar-refractivity contribution in [3.8, 4) is 0 Å². The van der Waals surface area contributed by atoms with E-state index in [2.05, 4.69) is 24.3 Å². The number of amides is 1. The van der Waals surface area contributed by atoms with Crippen LogP contribution in [0.2, 0.25) is 0 Å². The SMILES string of the molecule is CC(C)CCC(C)NC(=O)c1cc(C2CC2)on1. The average Bonchev–Trinajstić information content (AvgIpc) is 3.04. The number of nitrogens with one attached hydrogen (secondary N) is 1. The van der Waals surface area contributed by atoms with Crippen molar-refractivity contribution in [2.24, 2.45) is 5.92 Å². The zero-order valence-electron chi connectivity index (χ0n) is 11.4. The highest BCUT2D eigenvalue weighted by Gasteiger charge is 2.29. The maximum atomic E-state index is 11.9. The summed E-state index contributed by atoms with van der Waals surface area (Å²) in [4.78, 5) is 11.9. The first kappa shape index (κ1) is 13.1. The van der Waals surface area contributed by atoms with E-state index in [1.807, 2.05) is 6.92 Å². The Kier molecular flexibility index (Phi) is 4.04. The second-order valence-electron chi connectivity index (χ2n) is 5.73. The Morgan fingerprint density at radius 2 is 2.17 bits per heavy atom. The summed E-state index contributed by atoms with van der Waals surface area (Å²) in [5.74, 6) is 1.90. The van der Waals surface area contributed by atoms with Crippen molar-refractivity contribution in [1.29, 1.82) is 0 Å². The molecule has 1 saturated carbocycles. The molecule has 1 fully saturated rings.